The zero-order valence-corrected chi connectivity index (χ0v) is 8.56. The molecule has 0 amide bonds. The predicted octanol–water partition coefficient (Wildman–Crippen LogP) is 1.81. The molecule has 0 saturated heterocycles. The minimum atomic E-state index is 0.410. The van der Waals surface area contributed by atoms with Crippen LogP contribution in [0.2, 0.25) is 0 Å². The van der Waals surface area contributed by atoms with Crippen molar-refractivity contribution in [3.05, 3.63) is 23.8 Å². The van der Waals surface area contributed by atoms with E-state index in [2.05, 4.69) is 4.84 Å². The summed E-state index contributed by atoms with van der Waals surface area (Å²) in [5.74, 6) is 5.89. The molecule has 0 unspecified atom stereocenters. The number of hydrogen-bond donors (Lipinski definition) is 1. The Morgan fingerprint density at radius 3 is 2.77 bits per heavy atom. The van der Waals surface area contributed by atoms with Gasteiger partial charge < -0.3 is 4.74 Å². The molecule has 4 heteroatoms. The molecule has 0 aromatic heterocycles. The van der Waals surface area contributed by atoms with E-state index in [1.807, 2.05) is 24.5 Å². The van der Waals surface area contributed by atoms with Crippen molar-refractivity contribution in [2.24, 2.45) is 5.90 Å². The second-order valence-electron chi connectivity index (χ2n) is 2.46. The highest BCUT2D eigenvalue weighted by atomic mass is 32.2. The minimum Gasteiger partial charge on any atom is -0.496 e. The molecule has 0 aliphatic rings. The van der Waals surface area contributed by atoms with Crippen LogP contribution < -0.4 is 10.6 Å². The monoisotopic (exact) mass is 199 g/mol. The van der Waals surface area contributed by atoms with E-state index >= 15 is 0 Å². The van der Waals surface area contributed by atoms with Crippen molar-refractivity contribution in [3.63, 3.8) is 0 Å². The largest absolute Gasteiger partial charge is 0.496 e. The van der Waals surface area contributed by atoms with Crippen LogP contribution in [0.3, 0.4) is 0 Å². The van der Waals surface area contributed by atoms with Crippen molar-refractivity contribution in [1.82, 2.24) is 0 Å². The summed E-state index contributed by atoms with van der Waals surface area (Å²) in [7, 11) is 1.65. The molecule has 0 saturated carbocycles. The lowest BCUT2D eigenvalue weighted by Gasteiger charge is -2.10. The van der Waals surface area contributed by atoms with Crippen LogP contribution in [0, 0.1) is 0 Å². The second kappa shape index (κ2) is 5.11. The van der Waals surface area contributed by atoms with E-state index in [9.17, 15) is 0 Å². The van der Waals surface area contributed by atoms with Gasteiger partial charge in [-0.2, -0.15) is 0 Å². The lowest BCUT2D eigenvalue weighted by atomic mass is 10.2. The standard InChI is InChI=1S/C9H13NO2S/c1-11-8-5-3-4-7(6-12-10)9(8)13-2/h3-5H,6,10H2,1-2H3. The van der Waals surface area contributed by atoms with Gasteiger partial charge >= 0.3 is 0 Å². The highest BCUT2D eigenvalue weighted by Gasteiger charge is 2.06. The first-order chi connectivity index (χ1) is 6.33. The molecule has 0 heterocycles. The number of benzene rings is 1. The van der Waals surface area contributed by atoms with Crippen molar-refractivity contribution >= 4 is 11.8 Å². The molecule has 1 aromatic carbocycles. The van der Waals surface area contributed by atoms with Crippen molar-refractivity contribution in [2.75, 3.05) is 13.4 Å². The summed E-state index contributed by atoms with van der Waals surface area (Å²) >= 11 is 1.63. The van der Waals surface area contributed by atoms with Crippen LogP contribution in [0.1, 0.15) is 5.56 Å². The number of ether oxygens (including phenoxy) is 1. The van der Waals surface area contributed by atoms with Crippen LogP contribution >= 0.6 is 11.8 Å². The maximum Gasteiger partial charge on any atom is 0.132 e. The van der Waals surface area contributed by atoms with Crippen LogP contribution in [-0.2, 0) is 11.4 Å². The first-order valence-corrected chi connectivity index (χ1v) is 5.07. The second-order valence-corrected chi connectivity index (χ2v) is 3.28. The topological polar surface area (TPSA) is 44.5 Å². The van der Waals surface area contributed by atoms with Gasteiger partial charge in [-0.1, -0.05) is 12.1 Å². The first-order valence-electron chi connectivity index (χ1n) is 3.85. The molecule has 1 rings (SSSR count). The quantitative estimate of drug-likeness (QED) is 0.593. The summed E-state index contributed by atoms with van der Waals surface area (Å²) in [5.41, 5.74) is 1.05. The van der Waals surface area contributed by atoms with Crippen LogP contribution in [0.15, 0.2) is 23.1 Å². The fraction of sp³-hybridized carbons (Fsp3) is 0.333. The molecule has 2 N–H and O–H groups in total. The third kappa shape index (κ3) is 2.37. The van der Waals surface area contributed by atoms with Gasteiger partial charge in [0.1, 0.15) is 5.75 Å². The zero-order chi connectivity index (χ0) is 9.68. The SMILES string of the molecule is COc1cccc(CON)c1SC. The van der Waals surface area contributed by atoms with Gasteiger partial charge in [0.05, 0.1) is 18.6 Å². The summed E-state index contributed by atoms with van der Waals surface area (Å²) in [6, 6.07) is 5.82. The molecule has 0 radical (unpaired) electrons. The predicted molar refractivity (Wildman–Crippen MR) is 53.8 cm³/mol. The molecule has 3 nitrogen and oxygen atoms in total. The number of rotatable bonds is 4. The molecule has 0 atom stereocenters. The molecule has 13 heavy (non-hydrogen) atoms. The molecule has 0 aliphatic heterocycles. The Hall–Kier alpha value is -0.710. The van der Waals surface area contributed by atoms with E-state index in [-0.39, 0.29) is 0 Å². The van der Waals surface area contributed by atoms with Gasteiger partial charge in [0, 0.05) is 0 Å². The van der Waals surface area contributed by atoms with Crippen molar-refractivity contribution < 1.29 is 9.57 Å². The molecule has 0 aliphatic carbocycles. The molecule has 0 spiro atoms. The lowest BCUT2D eigenvalue weighted by molar-refractivity contribution is 0.122. The van der Waals surface area contributed by atoms with Crippen LogP contribution in [-0.4, -0.2) is 13.4 Å². The highest BCUT2D eigenvalue weighted by Crippen LogP contribution is 2.31. The van der Waals surface area contributed by atoms with E-state index in [0.29, 0.717) is 6.61 Å². The Labute approximate surface area is 82.2 Å². The number of thioether (sulfide) groups is 1. The molecular formula is C9H13NO2S. The lowest BCUT2D eigenvalue weighted by Crippen LogP contribution is -2.01. The molecular weight excluding hydrogens is 186 g/mol. The van der Waals surface area contributed by atoms with Crippen molar-refractivity contribution in [3.8, 4) is 5.75 Å². The van der Waals surface area contributed by atoms with Gasteiger partial charge in [-0.3, -0.25) is 4.84 Å². The molecule has 1 aromatic rings. The normalized spacial score (nSPS) is 10.1. The fourth-order valence-electron chi connectivity index (χ4n) is 1.16. The summed E-state index contributed by atoms with van der Waals surface area (Å²) in [5, 5.41) is 0. The van der Waals surface area contributed by atoms with E-state index in [1.165, 1.54) is 0 Å². The number of hydrogen-bond acceptors (Lipinski definition) is 4. The van der Waals surface area contributed by atoms with E-state index < -0.39 is 0 Å². The Bertz CT molecular complexity index is 278. The van der Waals surface area contributed by atoms with Crippen LogP contribution in [0.4, 0.5) is 0 Å². The number of nitrogens with two attached hydrogens (primary N) is 1. The molecule has 0 fully saturated rings. The van der Waals surface area contributed by atoms with Crippen molar-refractivity contribution in [1.29, 1.82) is 0 Å². The van der Waals surface area contributed by atoms with Crippen LogP contribution in [0.25, 0.3) is 0 Å². The summed E-state index contributed by atoms with van der Waals surface area (Å²) in [4.78, 5) is 5.68. The zero-order valence-electron chi connectivity index (χ0n) is 7.74. The Morgan fingerprint density at radius 1 is 1.46 bits per heavy atom. The summed E-state index contributed by atoms with van der Waals surface area (Å²) in [6.45, 7) is 0.410. The van der Waals surface area contributed by atoms with Gasteiger partial charge in [0.2, 0.25) is 0 Å². The third-order valence-corrected chi connectivity index (χ3v) is 2.59. The minimum absolute atomic E-state index is 0.410. The van der Waals surface area contributed by atoms with Gasteiger partial charge in [0.15, 0.2) is 0 Å². The maximum atomic E-state index is 5.21. The van der Waals surface area contributed by atoms with E-state index in [4.69, 9.17) is 10.6 Å². The average Bonchev–Trinajstić information content (AvgIpc) is 2.18. The Kier molecular flexibility index (Phi) is 4.08. The summed E-state index contributed by atoms with van der Waals surface area (Å²) in [6.07, 6.45) is 2.00. The van der Waals surface area contributed by atoms with Gasteiger partial charge in [0.25, 0.3) is 0 Å². The maximum absolute atomic E-state index is 5.21. The molecule has 0 bridgehead atoms. The number of methoxy groups -OCH3 is 1. The average molecular weight is 199 g/mol. The van der Waals surface area contributed by atoms with Crippen molar-refractivity contribution in [2.45, 2.75) is 11.5 Å². The Morgan fingerprint density at radius 2 is 2.23 bits per heavy atom. The Balaban J connectivity index is 3.03. The van der Waals surface area contributed by atoms with E-state index in [0.717, 1.165) is 16.2 Å². The first kappa shape index (κ1) is 10.4. The highest BCUT2D eigenvalue weighted by molar-refractivity contribution is 7.98. The summed E-state index contributed by atoms with van der Waals surface area (Å²) < 4.78 is 5.21. The smallest absolute Gasteiger partial charge is 0.132 e. The van der Waals surface area contributed by atoms with Crippen LogP contribution in [0.5, 0.6) is 5.75 Å². The molecule has 72 valence electrons. The fourth-order valence-corrected chi connectivity index (χ4v) is 1.90. The van der Waals surface area contributed by atoms with Gasteiger partial charge in [-0.15, -0.1) is 11.8 Å². The third-order valence-electron chi connectivity index (χ3n) is 1.72. The van der Waals surface area contributed by atoms with Gasteiger partial charge in [-0.05, 0) is 17.9 Å². The van der Waals surface area contributed by atoms with Gasteiger partial charge in [-0.25, -0.2) is 5.90 Å². The van der Waals surface area contributed by atoms with E-state index in [1.54, 1.807) is 18.9 Å².